The van der Waals surface area contributed by atoms with Crippen molar-refractivity contribution >= 4 is 5.91 Å². The Bertz CT molecular complexity index is 240. The summed E-state index contributed by atoms with van der Waals surface area (Å²) in [6.45, 7) is 3.03. The van der Waals surface area contributed by atoms with Crippen LogP contribution in [-0.2, 0) is 4.79 Å². The number of rotatable bonds is 3. The summed E-state index contributed by atoms with van der Waals surface area (Å²) in [7, 11) is 0. The van der Waals surface area contributed by atoms with Crippen molar-refractivity contribution in [3.8, 4) is 0 Å². The fourth-order valence-corrected chi connectivity index (χ4v) is 2.78. The van der Waals surface area contributed by atoms with Crippen LogP contribution in [0.25, 0.3) is 0 Å². The Hall–Kier alpha value is -0.570. The van der Waals surface area contributed by atoms with E-state index in [-0.39, 0.29) is 17.9 Å². The molecule has 0 radical (unpaired) electrons. The van der Waals surface area contributed by atoms with E-state index in [0.717, 1.165) is 38.1 Å². The van der Waals surface area contributed by atoms with Crippen molar-refractivity contribution < 1.29 is 9.90 Å². The van der Waals surface area contributed by atoms with E-state index in [4.69, 9.17) is 5.11 Å². The number of aliphatic hydroxyl groups is 1. The lowest BCUT2D eigenvalue weighted by atomic mass is 9.81. The molecule has 0 atom stereocenters. The van der Waals surface area contributed by atoms with Crippen LogP contribution in [0, 0.1) is 17.8 Å². The molecular formula is C13H23NO2. The van der Waals surface area contributed by atoms with Gasteiger partial charge in [0.15, 0.2) is 0 Å². The summed E-state index contributed by atoms with van der Waals surface area (Å²) in [6.07, 6.45) is 6.11. The molecule has 2 saturated carbocycles. The van der Waals surface area contributed by atoms with Crippen molar-refractivity contribution in [1.29, 1.82) is 0 Å². The molecule has 3 nitrogen and oxygen atoms in total. The van der Waals surface area contributed by atoms with Gasteiger partial charge in [0.2, 0.25) is 5.91 Å². The Labute approximate surface area is 97.6 Å². The van der Waals surface area contributed by atoms with Crippen molar-refractivity contribution in [3.05, 3.63) is 0 Å². The maximum absolute atomic E-state index is 11.9. The topological polar surface area (TPSA) is 49.3 Å². The molecule has 2 aliphatic carbocycles. The second kappa shape index (κ2) is 5.17. The number of carbonyl (C=O) groups is 1. The second-order valence-electron chi connectivity index (χ2n) is 5.69. The molecule has 0 spiro atoms. The van der Waals surface area contributed by atoms with E-state index in [2.05, 4.69) is 12.2 Å². The van der Waals surface area contributed by atoms with Crippen molar-refractivity contribution in [2.24, 2.45) is 17.8 Å². The Balaban J connectivity index is 1.64. The quantitative estimate of drug-likeness (QED) is 0.768. The molecule has 2 N–H and O–H groups in total. The Morgan fingerprint density at radius 1 is 1.25 bits per heavy atom. The molecule has 0 unspecified atom stereocenters. The van der Waals surface area contributed by atoms with Gasteiger partial charge in [0.05, 0.1) is 6.10 Å². The molecule has 0 aromatic rings. The monoisotopic (exact) mass is 225 g/mol. The zero-order valence-electron chi connectivity index (χ0n) is 10.1. The van der Waals surface area contributed by atoms with Crippen LogP contribution in [-0.4, -0.2) is 23.7 Å². The lowest BCUT2D eigenvalue weighted by Crippen LogP contribution is -2.41. The fraction of sp³-hybridized carbons (Fsp3) is 0.923. The predicted molar refractivity (Wildman–Crippen MR) is 62.9 cm³/mol. The maximum atomic E-state index is 11.9. The molecule has 2 aliphatic rings. The molecule has 16 heavy (non-hydrogen) atoms. The minimum Gasteiger partial charge on any atom is -0.393 e. The normalized spacial score (nSPS) is 38.9. The molecule has 0 aromatic heterocycles. The first-order chi connectivity index (χ1) is 7.65. The minimum atomic E-state index is -0.113. The van der Waals surface area contributed by atoms with E-state index >= 15 is 0 Å². The van der Waals surface area contributed by atoms with Crippen LogP contribution < -0.4 is 5.32 Å². The van der Waals surface area contributed by atoms with Gasteiger partial charge in [-0.3, -0.25) is 4.79 Å². The zero-order valence-corrected chi connectivity index (χ0v) is 10.1. The van der Waals surface area contributed by atoms with E-state index in [1.54, 1.807) is 0 Å². The zero-order chi connectivity index (χ0) is 11.5. The van der Waals surface area contributed by atoms with Gasteiger partial charge in [0.25, 0.3) is 0 Å². The highest BCUT2D eigenvalue weighted by Gasteiger charge is 2.29. The Morgan fingerprint density at radius 2 is 1.88 bits per heavy atom. The number of amides is 1. The number of hydrogen-bond donors (Lipinski definition) is 2. The van der Waals surface area contributed by atoms with E-state index < -0.39 is 0 Å². The Kier molecular flexibility index (Phi) is 3.85. The van der Waals surface area contributed by atoms with Crippen LogP contribution in [0.15, 0.2) is 0 Å². The second-order valence-corrected chi connectivity index (χ2v) is 5.69. The summed E-state index contributed by atoms with van der Waals surface area (Å²) in [5, 5.41) is 12.2. The minimum absolute atomic E-state index is 0.113. The maximum Gasteiger partial charge on any atom is 0.223 e. The summed E-state index contributed by atoms with van der Waals surface area (Å²) in [4.78, 5) is 11.9. The van der Waals surface area contributed by atoms with Crippen LogP contribution in [0.2, 0.25) is 0 Å². The van der Waals surface area contributed by atoms with Gasteiger partial charge in [-0.2, -0.15) is 0 Å². The highest BCUT2D eigenvalue weighted by molar-refractivity contribution is 5.78. The summed E-state index contributed by atoms with van der Waals surface area (Å²) < 4.78 is 0. The molecule has 1 amide bonds. The molecule has 0 saturated heterocycles. The molecular weight excluding hydrogens is 202 g/mol. The van der Waals surface area contributed by atoms with Gasteiger partial charge in [-0.25, -0.2) is 0 Å². The van der Waals surface area contributed by atoms with Crippen molar-refractivity contribution in [2.45, 2.75) is 51.6 Å². The summed E-state index contributed by atoms with van der Waals surface area (Å²) in [5.41, 5.74) is 0. The smallest absolute Gasteiger partial charge is 0.223 e. The molecule has 3 heteroatoms. The number of hydrogen-bond acceptors (Lipinski definition) is 2. The van der Waals surface area contributed by atoms with Gasteiger partial charge >= 0.3 is 0 Å². The first-order valence-corrected chi connectivity index (χ1v) is 6.61. The van der Waals surface area contributed by atoms with E-state index in [9.17, 15) is 4.79 Å². The first-order valence-electron chi connectivity index (χ1n) is 6.61. The molecule has 0 heterocycles. The van der Waals surface area contributed by atoms with E-state index in [1.807, 2.05) is 0 Å². The molecule has 0 aromatic carbocycles. The van der Waals surface area contributed by atoms with Crippen LogP contribution in [0.4, 0.5) is 0 Å². The van der Waals surface area contributed by atoms with Crippen molar-refractivity contribution in [2.75, 3.05) is 6.54 Å². The van der Waals surface area contributed by atoms with Crippen LogP contribution >= 0.6 is 0 Å². The fourth-order valence-electron chi connectivity index (χ4n) is 2.78. The Morgan fingerprint density at radius 3 is 2.44 bits per heavy atom. The van der Waals surface area contributed by atoms with Crippen LogP contribution in [0.5, 0.6) is 0 Å². The molecule has 2 rings (SSSR count). The molecule has 0 aliphatic heterocycles. The van der Waals surface area contributed by atoms with Gasteiger partial charge in [-0.15, -0.1) is 0 Å². The molecule has 92 valence electrons. The van der Waals surface area contributed by atoms with E-state index in [1.165, 1.54) is 12.8 Å². The van der Waals surface area contributed by atoms with Gasteiger partial charge < -0.3 is 10.4 Å². The van der Waals surface area contributed by atoms with Crippen LogP contribution in [0.3, 0.4) is 0 Å². The molecule has 2 fully saturated rings. The summed E-state index contributed by atoms with van der Waals surface area (Å²) in [5.74, 6) is 1.81. The van der Waals surface area contributed by atoms with Gasteiger partial charge in [-0.05, 0) is 50.4 Å². The highest BCUT2D eigenvalue weighted by atomic mass is 16.3. The number of carbonyl (C=O) groups excluding carboxylic acids is 1. The van der Waals surface area contributed by atoms with Crippen molar-refractivity contribution in [3.63, 3.8) is 0 Å². The summed E-state index contributed by atoms with van der Waals surface area (Å²) >= 11 is 0. The largest absolute Gasteiger partial charge is 0.393 e. The molecule has 0 bridgehead atoms. The van der Waals surface area contributed by atoms with Gasteiger partial charge in [0.1, 0.15) is 0 Å². The SMILES string of the molecule is CC1CCC(C(=O)NCC2CC(O)C2)CC1. The number of nitrogens with one attached hydrogen (secondary N) is 1. The van der Waals surface area contributed by atoms with Crippen molar-refractivity contribution in [1.82, 2.24) is 5.32 Å². The average Bonchev–Trinajstić information content (AvgIpc) is 2.23. The number of aliphatic hydroxyl groups excluding tert-OH is 1. The summed E-state index contributed by atoms with van der Waals surface area (Å²) in [6, 6.07) is 0. The van der Waals surface area contributed by atoms with Crippen LogP contribution in [0.1, 0.15) is 45.4 Å². The van der Waals surface area contributed by atoms with E-state index in [0.29, 0.717) is 5.92 Å². The average molecular weight is 225 g/mol. The lowest BCUT2D eigenvalue weighted by Gasteiger charge is -2.32. The third kappa shape index (κ3) is 2.97. The van der Waals surface area contributed by atoms with Gasteiger partial charge in [0, 0.05) is 12.5 Å². The van der Waals surface area contributed by atoms with Gasteiger partial charge in [-0.1, -0.05) is 6.92 Å². The third-order valence-electron chi connectivity index (χ3n) is 4.16. The highest BCUT2D eigenvalue weighted by Crippen LogP contribution is 2.29. The lowest BCUT2D eigenvalue weighted by molar-refractivity contribution is -0.126. The first kappa shape index (κ1) is 11.9. The third-order valence-corrected chi connectivity index (χ3v) is 4.16. The predicted octanol–water partition coefficient (Wildman–Crippen LogP) is 1.70. The standard InChI is InChI=1S/C13H23NO2/c1-9-2-4-11(5-3-9)13(16)14-8-10-6-12(15)7-10/h9-12,15H,2-8H2,1H3,(H,14,16).